The SMILES string of the molecule is Cc1ccccc1-c1c(C)nc2c(c1N)CCCC2. The molecule has 2 nitrogen and oxygen atoms in total. The molecular weight excluding hydrogens is 232 g/mol. The highest BCUT2D eigenvalue weighted by Gasteiger charge is 2.19. The zero-order chi connectivity index (χ0) is 13.4. The van der Waals surface area contributed by atoms with Gasteiger partial charge < -0.3 is 5.73 Å². The normalized spacial score (nSPS) is 14.2. The number of pyridine rings is 1. The first-order valence-electron chi connectivity index (χ1n) is 7.02. The lowest BCUT2D eigenvalue weighted by atomic mass is 9.89. The van der Waals surface area contributed by atoms with Crippen molar-refractivity contribution in [2.75, 3.05) is 5.73 Å². The summed E-state index contributed by atoms with van der Waals surface area (Å²) < 4.78 is 0. The number of rotatable bonds is 1. The highest BCUT2D eigenvalue weighted by molar-refractivity contribution is 5.82. The van der Waals surface area contributed by atoms with Crippen LogP contribution in [0.25, 0.3) is 11.1 Å². The number of hydrogen-bond donors (Lipinski definition) is 1. The van der Waals surface area contributed by atoms with Crippen molar-refractivity contribution in [1.29, 1.82) is 0 Å². The van der Waals surface area contributed by atoms with Crippen LogP contribution in [0.4, 0.5) is 5.69 Å². The topological polar surface area (TPSA) is 38.9 Å². The first-order chi connectivity index (χ1) is 9.18. The van der Waals surface area contributed by atoms with Crippen molar-refractivity contribution in [3.8, 4) is 11.1 Å². The van der Waals surface area contributed by atoms with Crippen molar-refractivity contribution in [3.63, 3.8) is 0 Å². The monoisotopic (exact) mass is 252 g/mol. The zero-order valence-corrected chi connectivity index (χ0v) is 11.7. The Kier molecular flexibility index (Phi) is 3.02. The van der Waals surface area contributed by atoms with Gasteiger partial charge in [0.2, 0.25) is 0 Å². The van der Waals surface area contributed by atoms with Crippen molar-refractivity contribution >= 4 is 5.69 Å². The number of hydrogen-bond acceptors (Lipinski definition) is 2. The molecule has 1 aliphatic rings. The Morgan fingerprint density at radius 2 is 1.79 bits per heavy atom. The van der Waals surface area contributed by atoms with E-state index in [2.05, 4.69) is 38.1 Å². The Morgan fingerprint density at radius 3 is 2.58 bits per heavy atom. The van der Waals surface area contributed by atoms with E-state index in [9.17, 15) is 0 Å². The van der Waals surface area contributed by atoms with Crippen molar-refractivity contribution in [3.05, 3.63) is 46.8 Å². The first kappa shape index (κ1) is 12.2. The summed E-state index contributed by atoms with van der Waals surface area (Å²) in [7, 11) is 0. The Balaban J connectivity index is 2.25. The van der Waals surface area contributed by atoms with Crippen LogP contribution in [0.15, 0.2) is 24.3 Å². The molecule has 1 aliphatic carbocycles. The van der Waals surface area contributed by atoms with E-state index in [1.165, 1.54) is 35.2 Å². The summed E-state index contributed by atoms with van der Waals surface area (Å²) in [5.41, 5.74) is 14.6. The predicted molar refractivity (Wildman–Crippen MR) is 80.2 cm³/mol. The van der Waals surface area contributed by atoms with Crippen molar-refractivity contribution in [1.82, 2.24) is 4.98 Å². The second-order valence-electron chi connectivity index (χ2n) is 5.43. The minimum absolute atomic E-state index is 0.955. The molecule has 98 valence electrons. The minimum Gasteiger partial charge on any atom is -0.398 e. The van der Waals surface area contributed by atoms with Gasteiger partial charge in [0.1, 0.15) is 0 Å². The van der Waals surface area contributed by atoms with Crippen LogP contribution in [0.5, 0.6) is 0 Å². The van der Waals surface area contributed by atoms with Crippen LogP contribution in [0.3, 0.4) is 0 Å². The number of anilines is 1. The minimum atomic E-state index is 0.955. The fourth-order valence-corrected chi connectivity index (χ4v) is 3.10. The van der Waals surface area contributed by atoms with Gasteiger partial charge in [-0.1, -0.05) is 24.3 Å². The third-order valence-corrected chi connectivity index (χ3v) is 4.11. The summed E-state index contributed by atoms with van der Waals surface area (Å²) in [5, 5.41) is 0. The Labute approximate surface area is 114 Å². The summed E-state index contributed by atoms with van der Waals surface area (Å²) in [6, 6.07) is 8.41. The van der Waals surface area contributed by atoms with Gasteiger partial charge >= 0.3 is 0 Å². The van der Waals surface area contributed by atoms with Gasteiger partial charge in [0.15, 0.2) is 0 Å². The second kappa shape index (κ2) is 4.69. The highest BCUT2D eigenvalue weighted by Crippen LogP contribution is 2.36. The van der Waals surface area contributed by atoms with E-state index in [1.807, 2.05) is 0 Å². The van der Waals surface area contributed by atoms with Gasteiger partial charge in [-0.05, 0) is 56.2 Å². The van der Waals surface area contributed by atoms with Crippen LogP contribution in [0, 0.1) is 13.8 Å². The molecule has 0 amide bonds. The lowest BCUT2D eigenvalue weighted by Crippen LogP contribution is -2.12. The lowest BCUT2D eigenvalue weighted by Gasteiger charge is -2.21. The molecule has 0 atom stereocenters. The largest absolute Gasteiger partial charge is 0.398 e. The molecule has 3 rings (SSSR count). The van der Waals surface area contributed by atoms with Gasteiger partial charge in [-0.3, -0.25) is 4.98 Å². The molecule has 2 aromatic rings. The maximum atomic E-state index is 6.47. The first-order valence-corrected chi connectivity index (χ1v) is 7.02. The number of aromatic nitrogens is 1. The van der Waals surface area contributed by atoms with Crippen LogP contribution < -0.4 is 5.73 Å². The van der Waals surface area contributed by atoms with E-state index in [-0.39, 0.29) is 0 Å². The Hall–Kier alpha value is -1.83. The molecule has 0 saturated carbocycles. The number of nitrogen functional groups attached to an aromatic ring is 1. The molecule has 0 unspecified atom stereocenters. The third kappa shape index (κ3) is 2.01. The molecule has 0 saturated heterocycles. The standard InChI is InChI=1S/C17H20N2/c1-11-7-3-4-8-13(11)16-12(2)19-15-10-6-5-9-14(15)17(16)18/h3-4,7-8H,5-6,9-10H2,1-2H3,(H2,18,19). The van der Waals surface area contributed by atoms with E-state index < -0.39 is 0 Å². The zero-order valence-electron chi connectivity index (χ0n) is 11.7. The average Bonchev–Trinajstić information content (AvgIpc) is 2.41. The summed E-state index contributed by atoms with van der Waals surface area (Å²) in [6.45, 7) is 4.21. The molecule has 1 aromatic carbocycles. The molecule has 0 spiro atoms. The number of nitrogens with zero attached hydrogens (tertiary/aromatic N) is 1. The predicted octanol–water partition coefficient (Wildman–Crippen LogP) is 3.83. The van der Waals surface area contributed by atoms with Crippen molar-refractivity contribution < 1.29 is 0 Å². The van der Waals surface area contributed by atoms with Crippen molar-refractivity contribution in [2.24, 2.45) is 0 Å². The van der Waals surface area contributed by atoms with E-state index in [0.29, 0.717) is 0 Å². The quantitative estimate of drug-likeness (QED) is 0.837. The fourth-order valence-electron chi connectivity index (χ4n) is 3.10. The number of fused-ring (bicyclic) bond motifs is 1. The Morgan fingerprint density at radius 1 is 1.05 bits per heavy atom. The molecule has 1 heterocycles. The fraction of sp³-hybridized carbons (Fsp3) is 0.353. The van der Waals surface area contributed by atoms with Crippen molar-refractivity contribution in [2.45, 2.75) is 39.5 Å². The van der Waals surface area contributed by atoms with Crippen LogP contribution >= 0.6 is 0 Å². The van der Waals surface area contributed by atoms with E-state index >= 15 is 0 Å². The summed E-state index contributed by atoms with van der Waals surface area (Å²) in [6.07, 6.45) is 4.62. The maximum absolute atomic E-state index is 6.47. The molecule has 0 fully saturated rings. The summed E-state index contributed by atoms with van der Waals surface area (Å²) >= 11 is 0. The van der Waals surface area contributed by atoms with Gasteiger partial charge in [-0.2, -0.15) is 0 Å². The van der Waals surface area contributed by atoms with E-state index in [4.69, 9.17) is 10.7 Å². The lowest BCUT2D eigenvalue weighted by molar-refractivity contribution is 0.668. The van der Waals surface area contributed by atoms with Gasteiger partial charge in [-0.25, -0.2) is 0 Å². The number of aryl methyl sites for hydroxylation is 3. The maximum Gasteiger partial charge on any atom is 0.0475 e. The molecule has 19 heavy (non-hydrogen) atoms. The molecule has 1 aromatic heterocycles. The molecule has 0 aliphatic heterocycles. The highest BCUT2D eigenvalue weighted by atomic mass is 14.8. The second-order valence-corrected chi connectivity index (χ2v) is 5.43. The smallest absolute Gasteiger partial charge is 0.0475 e. The molecule has 2 heteroatoms. The van der Waals surface area contributed by atoms with E-state index in [1.54, 1.807) is 0 Å². The van der Waals surface area contributed by atoms with Gasteiger partial charge in [0.25, 0.3) is 0 Å². The van der Waals surface area contributed by atoms with Gasteiger partial charge in [0, 0.05) is 22.6 Å². The molecular formula is C17H20N2. The van der Waals surface area contributed by atoms with Crippen LogP contribution in [0.1, 0.15) is 35.4 Å². The number of nitrogens with two attached hydrogens (primary N) is 1. The molecule has 0 bridgehead atoms. The average molecular weight is 252 g/mol. The summed E-state index contributed by atoms with van der Waals surface area (Å²) in [4.78, 5) is 4.81. The number of benzene rings is 1. The summed E-state index contributed by atoms with van der Waals surface area (Å²) in [5.74, 6) is 0. The van der Waals surface area contributed by atoms with Gasteiger partial charge in [0.05, 0.1) is 0 Å². The Bertz CT molecular complexity index is 629. The van der Waals surface area contributed by atoms with Crippen LogP contribution in [0.2, 0.25) is 0 Å². The van der Waals surface area contributed by atoms with Gasteiger partial charge in [-0.15, -0.1) is 0 Å². The van der Waals surface area contributed by atoms with Crippen LogP contribution in [-0.4, -0.2) is 4.98 Å². The molecule has 2 N–H and O–H groups in total. The molecule has 0 radical (unpaired) electrons. The van der Waals surface area contributed by atoms with E-state index in [0.717, 1.165) is 29.8 Å². The van der Waals surface area contributed by atoms with Crippen LogP contribution in [-0.2, 0) is 12.8 Å². The third-order valence-electron chi connectivity index (χ3n) is 4.11.